The molecule has 0 saturated heterocycles. The van der Waals surface area contributed by atoms with Gasteiger partial charge in [0.2, 0.25) is 5.13 Å². The Morgan fingerprint density at radius 3 is 2.91 bits per heavy atom. The molecule has 3 aromatic rings. The number of aryl methyl sites for hydroxylation is 1. The van der Waals surface area contributed by atoms with Crippen LogP contribution in [0.3, 0.4) is 0 Å². The Kier molecular flexibility index (Phi) is 4.68. The third kappa shape index (κ3) is 3.56. The van der Waals surface area contributed by atoms with E-state index in [0.717, 1.165) is 31.6 Å². The second-order valence-electron chi connectivity index (χ2n) is 5.55. The molecule has 2 N–H and O–H groups in total. The lowest BCUT2D eigenvalue weighted by molar-refractivity contribution is 0.102. The van der Waals surface area contributed by atoms with E-state index in [2.05, 4.69) is 34.3 Å². The third-order valence-corrected chi connectivity index (χ3v) is 5.31. The highest BCUT2D eigenvalue weighted by Crippen LogP contribution is 2.28. The zero-order chi connectivity index (χ0) is 16.4. The predicted molar refractivity (Wildman–Crippen MR) is 96.8 cm³/mol. The Bertz CT molecular complexity index is 838. The topological polar surface area (TPSA) is 70.7 Å². The maximum atomic E-state index is 12.6. The van der Waals surface area contributed by atoms with Gasteiger partial charge in [0.15, 0.2) is 10.1 Å². The van der Waals surface area contributed by atoms with E-state index in [1.54, 1.807) is 0 Å². The SMILES string of the molecule is Cc1[nH]c2ccccc2c1C(=O)CSc1nnc(NC(C)C)s1. The smallest absolute Gasteiger partial charge is 0.206 e. The number of nitrogens with one attached hydrogen (secondary N) is 2. The van der Waals surface area contributed by atoms with Crippen molar-refractivity contribution >= 4 is 44.9 Å². The normalized spacial score (nSPS) is 11.3. The number of ketones is 1. The number of para-hydroxylation sites is 1. The van der Waals surface area contributed by atoms with Crippen molar-refractivity contribution in [3.8, 4) is 0 Å². The van der Waals surface area contributed by atoms with Gasteiger partial charge in [-0.05, 0) is 26.8 Å². The average molecular weight is 346 g/mol. The summed E-state index contributed by atoms with van der Waals surface area (Å²) in [6.45, 7) is 6.04. The van der Waals surface area contributed by atoms with Crippen LogP contribution in [-0.2, 0) is 0 Å². The molecule has 5 nitrogen and oxygen atoms in total. The van der Waals surface area contributed by atoms with Crippen LogP contribution in [0.15, 0.2) is 28.6 Å². The number of Topliss-reactive ketones (excluding diaryl/α,β-unsaturated/α-hetero) is 1. The molecule has 2 heterocycles. The first-order valence-electron chi connectivity index (χ1n) is 7.38. The van der Waals surface area contributed by atoms with Crippen molar-refractivity contribution in [3.63, 3.8) is 0 Å². The molecular formula is C16H18N4OS2. The summed E-state index contributed by atoms with van der Waals surface area (Å²) in [5, 5.41) is 13.2. The number of nitrogens with zero attached hydrogens (tertiary/aromatic N) is 2. The molecule has 0 aliphatic heterocycles. The molecule has 0 saturated carbocycles. The number of carbonyl (C=O) groups is 1. The van der Waals surface area contributed by atoms with Gasteiger partial charge in [-0.25, -0.2) is 0 Å². The van der Waals surface area contributed by atoms with E-state index in [1.165, 1.54) is 23.1 Å². The fraction of sp³-hybridized carbons (Fsp3) is 0.312. The fourth-order valence-electron chi connectivity index (χ4n) is 2.41. The van der Waals surface area contributed by atoms with Crippen molar-refractivity contribution in [1.29, 1.82) is 0 Å². The van der Waals surface area contributed by atoms with E-state index in [1.807, 2.05) is 31.2 Å². The van der Waals surface area contributed by atoms with Crippen molar-refractivity contribution in [2.24, 2.45) is 0 Å². The number of aromatic nitrogens is 3. The zero-order valence-electron chi connectivity index (χ0n) is 13.2. The lowest BCUT2D eigenvalue weighted by Gasteiger charge is -2.03. The van der Waals surface area contributed by atoms with Gasteiger partial charge in [-0.2, -0.15) is 0 Å². The monoisotopic (exact) mass is 346 g/mol. The quantitative estimate of drug-likeness (QED) is 0.519. The molecule has 0 aliphatic rings. The lowest BCUT2D eigenvalue weighted by Crippen LogP contribution is -2.08. The summed E-state index contributed by atoms with van der Waals surface area (Å²) < 4.78 is 0.805. The number of H-pyrrole nitrogens is 1. The highest BCUT2D eigenvalue weighted by molar-refractivity contribution is 8.01. The van der Waals surface area contributed by atoms with E-state index in [-0.39, 0.29) is 5.78 Å². The molecule has 3 rings (SSSR count). The number of hydrogen-bond donors (Lipinski definition) is 2. The number of thioether (sulfide) groups is 1. The van der Waals surface area contributed by atoms with Gasteiger partial charge in [0.25, 0.3) is 0 Å². The highest BCUT2D eigenvalue weighted by atomic mass is 32.2. The number of aromatic amines is 1. The molecule has 0 bridgehead atoms. The van der Waals surface area contributed by atoms with Crippen LogP contribution < -0.4 is 5.32 Å². The Morgan fingerprint density at radius 1 is 1.35 bits per heavy atom. The van der Waals surface area contributed by atoms with Gasteiger partial charge < -0.3 is 10.3 Å². The molecule has 0 fully saturated rings. The van der Waals surface area contributed by atoms with E-state index in [0.29, 0.717) is 11.8 Å². The average Bonchev–Trinajstić information content (AvgIpc) is 3.07. The van der Waals surface area contributed by atoms with Crippen LogP contribution >= 0.6 is 23.1 Å². The van der Waals surface area contributed by atoms with Gasteiger partial charge in [-0.3, -0.25) is 4.79 Å². The van der Waals surface area contributed by atoms with E-state index >= 15 is 0 Å². The molecule has 0 unspecified atom stereocenters. The minimum absolute atomic E-state index is 0.110. The molecule has 0 radical (unpaired) electrons. The van der Waals surface area contributed by atoms with Crippen molar-refractivity contribution in [3.05, 3.63) is 35.5 Å². The van der Waals surface area contributed by atoms with Crippen LogP contribution in [0.4, 0.5) is 5.13 Å². The number of anilines is 1. The second kappa shape index (κ2) is 6.72. The first-order valence-corrected chi connectivity index (χ1v) is 9.18. The Labute approximate surface area is 142 Å². The van der Waals surface area contributed by atoms with Crippen LogP contribution in [0.25, 0.3) is 10.9 Å². The van der Waals surface area contributed by atoms with Crippen molar-refractivity contribution in [1.82, 2.24) is 15.2 Å². The molecule has 7 heteroatoms. The van der Waals surface area contributed by atoms with Crippen molar-refractivity contribution < 1.29 is 4.79 Å². The van der Waals surface area contributed by atoms with Gasteiger partial charge in [0, 0.05) is 28.2 Å². The summed E-state index contributed by atoms with van der Waals surface area (Å²) in [6.07, 6.45) is 0. The summed E-state index contributed by atoms with van der Waals surface area (Å²) >= 11 is 2.91. The van der Waals surface area contributed by atoms with Crippen LogP contribution in [-0.4, -0.2) is 32.8 Å². The van der Waals surface area contributed by atoms with Gasteiger partial charge in [-0.1, -0.05) is 41.3 Å². The van der Waals surface area contributed by atoms with Crippen molar-refractivity contribution in [2.75, 3.05) is 11.1 Å². The number of carbonyl (C=O) groups excluding carboxylic acids is 1. The number of benzene rings is 1. The van der Waals surface area contributed by atoms with Crippen molar-refractivity contribution in [2.45, 2.75) is 31.2 Å². The standard InChI is InChI=1S/C16H18N4OS2/c1-9(2)17-15-19-20-16(23-15)22-8-13(21)14-10(3)18-12-7-5-4-6-11(12)14/h4-7,9,18H,8H2,1-3H3,(H,17,19). The molecule has 0 atom stereocenters. The summed E-state index contributed by atoms with van der Waals surface area (Å²) in [5.74, 6) is 0.470. The lowest BCUT2D eigenvalue weighted by atomic mass is 10.1. The van der Waals surface area contributed by atoms with Crippen LogP contribution in [0.5, 0.6) is 0 Å². The predicted octanol–water partition coefficient (Wildman–Crippen LogP) is 4.12. The molecule has 2 aromatic heterocycles. The van der Waals surface area contributed by atoms with Crippen LogP contribution in [0, 0.1) is 6.92 Å². The van der Waals surface area contributed by atoms with Crippen LogP contribution in [0.1, 0.15) is 29.9 Å². The first-order chi connectivity index (χ1) is 11.0. The highest BCUT2D eigenvalue weighted by Gasteiger charge is 2.17. The maximum Gasteiger partial charge on any atom is 0.206 e. The summed E-state index contributed by atoms with van der Waals surface area (Å²) in [6, 6.07) is 8.20. The molecule has 120 valence electrons. The molecular weight excluding hydrogens is 328 g/mol. The second-order valence-corrected chi connectivity index (χ2v) is 7.75. The molecule has 1 aromatic carbocycles. The fourth-order valence-corrected chi connectivity index (χ4v) is 4.18. The largest absolute Gasteiger partial charge is 0.358 e. The summed E-state index contributed by atoms with van der Waals surface area (Å²) in [5.41, 5.74) is 2.69. The Hall–Kier alpha value is -1.86. The molecule has 23 heavy (non-hydrogen) atoms. The zero-order valence-corrected chi connectivity index (χ0v) is 14.8. The summed E-state index contributed by atoms with van der Waals surface area (Å²) in [4.78, 5) is 15.9. The van der Waals surface area contributed by atoms with E-state index in [9.17, 15) is 4.79 Å². The van der Waals surface area contributed by atoms with Crippen LogP contribution in [0.2, 0.25) is 0 Å². The van der Waals surface area contributed by atoms with Gasteiger partial charge in [0.1, 0.15) is 0 Å². The molecule has 0 spiro atoms. The molecule has 0 amide bonds. The number of rotatable bonds is 6. The Balaban J connectivity index is 1.71. The van der Waals surface area contributed by atoms with Gasteiger partial charge >= 0.3 is 0 Å². The van der Waals surface area contributed by atoms with E-state index < -0.39 is 0 Å². The third-order valence-electron chi connectivity index (χ3n) is 3.32. The van der Waals surface area contributed by atoms with E-state index in [4.69, 9.17) is 0 Å². The number of hydrogen-bond acceptors (Lipinski definition) is 6. The molecule has 0 aliphatic carbocycles. The minimum atomic E-state index is 0.110. The maximum absolute atomic E-state index is 12.6. The summed E-state index contributed by atoms with van der Waals surface area (Å²) in [7, 11) is 0. The Morgan fingerprint density at radius 2 is 2.13 bits per heavy atom. The number of fused-ring (bicyclic) bond motifs is 1. The first kappa shape index (κ1) is 16.0. The van der Waals surface area contributed by atoms with Gasteiger partial charge in [0.05, 0.1) is 5.75 Å². The van der Waals surface area contributed by atoms with Gasteiger partial charge in [-0.15, -0.1) is 10.2 Å². The minimum Gasteiger partial charge on any atom is -0.358 e.